The summed E-state index contributed by atoms with van der Waals surface area (Å²) in [5.74, 6) is 0.743. The largest absolute Gasteiger partial charge is 0.492 e. The molecule has 0 unspecified atom stereocenters. The monoisotopic (exact) mass is 394 g/mol. The molecule has 25 heavy (non-hydrogen) atoms. The van der Waals surface area contributed by atoms with Crippen LogP contribution in [0.15, 0.2) is 36.4 Å². The number of hydrogen-bond acceptors (Lipinski definition) is 2. The van der Waals surface area contributed by atoms with Gasteiger partial charge in [0.1, 0.15) is 12.4 Å². The Morgan fingerprint density at radius 1 is 1.04 bits per heavy atom. The standard InChI is InChI=1S/C19H17Cl3N2O/c20-12-1-4-18-15(9-12)14-5-6-24(11-19(14)23-18)7-8-25-13-2-3-16(21)17(22)10-13/h1-4,9-10,23H,5-8,11H2. The van der Waals surface area contributed by atoms with Gasteiger partial charge in [-0.15, -0.1) is 0 Å². The Hall–Kier alpha value is -1.39. The number of ether oxygens (including phenoxy) is 1. The highest BCUT2D eigenvalue weighted by molar-refractivity contribution is 6.42. The fourth-order valence-corrected chi connectivity index (χ4v) is 3.78. The second-order valence-corrected chi connectivity index (χ2v) is 7.47. The van der Waals surface area contributed by atoms with Crippen molar-refractivity contribution in [2.75, 3.05) is 19.7 Å². The molecule has 1 aliphatic heterocycles. The fraction of sp³-hybridized carbons (Fsp3) is 0.263. The van der Waals surface area contributed by atoms with E-state index in [0.29, 0.717) is 16.7 Å². The SMILES string of the molecule is Clc1ccc2[nH]c3c(c2c1)CCN(CCOc1ccc(Cl)c(Cl)c1)C3. The van der Waals surface area contributed by atoms with Gasteiger partial charge in [0.05, 0.1) is 10.0 Å². The molecule has 3 nitrogen and oxygen atoms in total. The first kappa shape index (κ1) is 17.0. The van der Waals surface area contributed by atoms with Crippen LogP contribution < -0.4 is 4.74 Å². The van der Waals surface area contributed by atoms with Gasteiger partial charge in [0, 0.05) is 47.3 Å². The molecule has 1 N–H and O–H groups in total. The highest BCUT2D eigenvalue weighted by Gasteiger charge is 2.20. The molecule has 0 saturated carbocycles. The predicted molar refractivity (Wildman–Crippen MR) is 104 cm³/mol. The zero-order valence-electron chi connectivity index (χ0n) is 13.5. The summed E-state index contributed by atoms with van der Waals surface area (Å²) < 4.78 is 5.79. The van der Waals surface area contributed by atoms with Gasteiger partial charge in [-0.2, -0.15) is 0 Å². The van der Waals surface area contributed by atoms with E-state index in [4.69, 9.17) is 39.5 Å². The van der Waals surface area contributed by atoms with E-state index in [0.717, 1.165) is 42.3 Å². The number of nitrogens with zero attached hydrogens (tertiary/aromatic N) is 1. The molecule has 0 saturated heterocycles. The zero-order valence-corrected chi connectivity index (χ0v) is 15.8. The Kier molecular flexibility index (Phi) is 4.83. The average molecular weight is 396 g/mol. The highest BCUT2D eigenvalue weighted by atomic mass is 35.5. The summed E-state index contributed by atoms with van der Waals surface area (Å²) in [6, 6.07) is 11.4. The van der Waals surface area contributed by atoms with Gasteiger partial charge in [-0.05, 0) is 42.3 Å². The third kappa shape index (κ3) is 3.61. The van der Waals surface area contributed by atoms with Crippen LogP contribution in [-0.2, 0) is 13.0 Å². The van der Waals surface area contributed by atoms with Crippen LogP contribution in [0.25, 0.3) is 10.9 Å². The molecule has 1 aliphatic rings. The van der Waals surface area contributed by atoms with Gasteiger partial charge in [-0.25, -0.2) is 0 Å². The molecule has 4 rings (SSSR count). The summed E-state index contributed by atoms with van der Waals surface area (Å²) in [4.78, 5) is 5.91. The number of halogens is 3. The molecule has 6 heteroatoms. The Bertz CT molecular complexity index is 922. The van der Waals surface area contributed by atoms with Crippen molar-refractivity contribution < 1.29 is 4.74 Å². The molecule has 0 atom stereocenters. The topological polar surface area (TPSA) is 28.3 Å². The number of aromatic nitrogens is 1. The third-order valence-electron chi connectivity index (χ3n) is 4.58. The van der Waals surface area contributed by atoms with E-state index < -0.39 is 0 Å². The van der Waals surface area contributed by atoms with E-state index in [1.54, 1.807) is 12.1 Å². The van der Waals surface area contributed by atoms with Crippen LogP contribution in [0.4, 0.5) is 0 Å². The molecule has 0 fully saturated rings. The molecule has 1 aromatic heterocycles. The predicted octanol–water partition coefficient (Wildman–Crippen LogP) is 5.57. The number of H-pyrrole nitrogens is 1. The average Bonchev–Trinajstić information content (AvgIpc) is 2.95. The van der Waals surface area contributed by atoms with Crippen LogP contribution in [0.1, 0.15) is 11.3 Å². The number of nitrogens with one attached hydrogen (secondary N) is 1. The smallest absolute Gasteiger partial charge is 0.120 e. The summed E-state index contributed by atoms with van der Waals surface area (Å²) >= 11 is 18.1. The second-order valence-electron chi connectivity index (χ2n) is 6.22. The Morgan fingerprint density at radius 2 is 1.92 bits per heavy atom. The summed E-state index contributed by atoms with van der Waals surface area (Å²) in [5, 5.41) is 3.08. The summed E-state index contributed by atoms with van der Waals surface area (Å²) in [7, 11) is 0. The zero-order chi connectivity index (χ0) is 17.4. The second kappa shape index (κ2) is 7.08. The molecule has 0 radical (unpaired) electrons. The highest BCUT2D eigenvalue weighted by Crippen LogP contribution is 2.30. The van der Waals surface area contributed by atoms with Gasteiger partial charge in [0.25, 0.3) is 0 Å². The van der Waals surface area contributed by atoms with Crippen LogP contribution in [0.3, 0.4) is 0 Å². The van der Waals surface area contributed by atoms with Crippen LogP contribution in [0, 0.1) is 0 Å². The summed E-state index contributed by atoms with van der Waals surface area (Å²) in [6.07, 6.45) is 1.02. The summed E-state index contributed by atoms with van der Waals surface area (Å²) in [5.41, 5.74) is 3.82. The van der Waals surface area contributed by atoms with Gasteiger partial charge >= 0.3 is 0 Å². The van der Waals surface area contributed by atoms with Gasteiger partial charge in [-0.1, -0.05) is 34.8 Å². The molecule has 2 aromatic carbocycles. The maximum Gasteiger partial charge on any atom is 0.120 e. The van der Waals surface area contributed by atoms with Gasteiger partial charge in [-0.3, -0.25) is 4.90 Å². The maximum absolute atomic E-state index is 6.14. The number of benzene rings is 2. The molecule has 3 aromatic rings. The van der Waals surface area contributed by atoms with Crippen LogP contribution in [0.2, 0.25) is 15.1 Å². The molecular weight excluding hydrogens is 379 g/mol. The van der Waals surface area contributed by atoms with Crippen molar-refractivity contribution in [2.24, 2.45) is 0 Å². The first-order chi connectivity index (χ1) is 12.1. The molecule has 0 amide bonds. The van der Waals surface area contributed by atoms with E-state index in [-0.39, 0.29) is 0 Å². The van der Waals surface area contributed by atoms with E-state index in [9.17, 15) is 0 Å². The van der Waals surface area contributed by atoms with Crippen LogP contribution >= 0.6 is 34.8 Å². The number of fused-ring (bicyclic) bond motifs is 3. The molecule has 0 bridgehead atoms. The van der Waals surface area contributed by atoms with Crippen LogP contribution in [-0.4, -0.2) is 29.6 Å². The van der Waals surface area contributed by atoms with Crippen LogP contribution in [0.5, 0.6) is 5.75 Å². The van der Waals surface area contributed by atoms with Crippen molar-refractivity contribution in [3.63, 3.8) is 0 Å². The Morgan fingerprint density at radius 3 is 2.76 bits per heavy atom. The minimum atomic E-state index is 0.513. The van der Waals surface area contributed by atoms with Gasteiger partial charge < -0.3 is 9.72 Å². The minimum Gasteiger partial charge on any atom is -0.492 e. The van der Waals surface area contributed by atoms with Crippen molar-refractivity contribution >= 4 is 45.7 Å². The lowest BCUT2D eigenvalue weighted by Gasteiger charge is -2.26. The van der Waals surface area contributed by atoms with Crippen molar-refractivity contribution in [3.8, 4) is 5.75 Å². The molecular formula is C19H17Cl3N2O. The lowest BCUT2D eigenvalue weighted by Crippen LogP contribution is -2.33. The van der Waals surface area contributed by atoms with Crippen molar-refractivity contribution in [1.82, 2.24) is 9.88 Å². The van der Waals surface area contributed by atoms with Crippen molar-refractivity contribution in [3.05, 3.63) is 62.7 Å². The Balaban J connectivity index is 1.39. The fourth-order valence-electron chi connectivity index (χ4n) is 3.32. The van der Waals surface area contributed by atoms with Crippen molar-refractivity contribution in [1.29, 1.82) is 0 Å². The quantitative estimate of drug-likeness (QED) is 0.626. The first-order valence-electron chi connectivity index (χ1n) is 8.19. The van der Waals surface area contributed by atoms with E-state index >= 15 is 0 Å². The van der Waals surface area contributed by atoms with E-state index in [2.05, 4.69) is 16.0 Å². The summed E-state index contributed by atoms with van der Waals surface area (Å²) in [6.45, 7) is 3.37. The number of rotatable bonds is 4. The minimum absolute atomic E-state index is 0.513. The molecule has 0 spiro atoms. The number of aromatic amines is 1. The first-order valence-corrected chi connectivity index (χ1v) is 9.33. The molecule has 0 aliphatic carbocycles. The maximum atomic E-state index is 6.14. The normalized spacial score (nSPS) is 14.7. The lowest BCUT2D eigenvalue weighted by atomic mass is 10.0. The number of hydrogen-bond donors (Lipinski definition) is 1. The van der Waals surface area contributed by atoms with E-state index in [1.807, 2.05) is 18.2 Å². The van der Waals surface area contributed by atoms with Gasteiger partial charge in [0.15, 0.2) is 0 Å². The van der Waals surface area contributed by atoms with Crippen molar-refractivity contribution in [2.45, 2.75) is 13.0 Å². The lowest BCUT2D eigenvalue weighted by molar-refractivity contribution is 0.195. The van der Waals surface area contributed by atoms with E-state index in [1.165, 1.54) is 16.6 Å². The Labute approximate surface area is 161 Å². The molecule has 2 heterocycles. The third-order valence-corrected chi connectivity index (χ3v) is 5.56. The van der Waals surface area contributed by atoms with Gasteiger partial charge in [0.2, 0.25) is 0 Å². The molecule has 130 valence electrons.